The zero-order chi connectivity index (χ0) is 18.2. The predicted octanol–water partition coefficient (Wildman–Crippen LogP) is 8.21. The van der Waals surface area contributed by atoms with Crippen LogP contribution in [0.5, 0.6) is 0 Å². The van der Waals surface area contributed by atoms with Gasteiger partial charge in [-0.25, -0.2) is 0 Å². The maximum Gasteiger partial charge on any atom is -0.0146 e. The van der Waals surface area contributed by atoms with Crippen molar-refractivity contribution in [3.63, 3.8) is 0 Å². The lowest BCUT2D eigenvalue weighted by atomic mass is 10.0. The van der Waals surface area contributed by atoms with E-state index in [0.29, 0.717) is 20.6 Å². The van der Waals surface area contributed by atoms with Crippen molar-refractivity contribution in [2.75, 3.05) is 12.3 Å². The van der Waals surface area contributed by atoms with Gasteiger partial charge in [0.15, 0.2) is 0 Å². The van der Waals surface area contributed by atoms with Crippen molar-refractivity contribution in [2.45, 2.75) is 127 Å². The molecule has 2 rings (SSSR count). The molecule has 0 radical (unpaired) electrons. The first kappa shape index (κ1) is 21.2. The smallest absolute Gasteiger partial charge is 0.0146 e. The second-order valence-corrected chi connectivity index (χ2v) is 18.4. The van der Waals surface area contributed by atoms with E-state index in [1.165, 1.54) is 63.7 Å². The van der Waals surface area contributed by atoms with Crippen molar-refractivity contribution >= 4 is 15.8 Å². The molecule has 0 atom stereocenters. The summed E-state index contributed by atoms with van der Waals surface area (Å²) in [6.07, 6.45) is 14.8. The average Bonchev–Trinajstić information content (AvgIpc) is 2.59. The van der Waals surface area contributed by atoms with E-state index in [1.54, 1.807) is 0 Å². The molecule has 0 aromatic carbocycles. The third-order valence-corrected chi connectivity index (χ3v) is 15.6. The minimum absolute atomic E-state index is 0.115. The Morgan fingerprint density at radius 3 is 0.875 bits per heavy atom. The summed E-state index contributed by atoms with van der Waals surface area (Å²) < 4.78 is 0. The van der Waals surface area contributed by atoms with E-state index in [9.17, 15) is 0 Å². The Hall–Kier alpha value is 0.860. The van der Waals surface area contributed by atoms with Gasteiger partial charge in [0.05, 0.1) is 0 Å². The molecular formula is C22H44P2. The Bertz CT molecular complexity index is 344. The number of hydrogen-bond donors (Lipinski definition) is 0. The van der Waals surface area contributed by atoms with Crippen LogP contribution in [0.4, 0.5) is 0 Å². The summed E-state index contributed by atoms with van der Waals surface area (Å²) in [5.74, 6) is 0. The summed E-state index contributed by atoms with van der Waals surface area (Å²) in [6, 6.07) is 0. The highest BCUT2D eigenvalue weighted by Crippen LogP contribution is 2.69. The number of rotatable bonds is 3. The van der Waals surface area contributed by atoms with Crippen LogP contribution in [0.25, 0.3) is 0 Å². The van der Waals surface area contributed by atoms with E-state index in [0.717, 1.165) is 0 Å². The highest BCUT2D eigenvalue weighted by Gasteiger charge is 2.45. The fraction of sp³-hybridized carbons (Fsp3) is 1.00. The fourth-order valence-corrected chi connectivity index (χ4v) is 14.8. The Morgan fingerprint density at radius 2 is 0.667 bits per heavy atom. The molecule has 0 nitrogen and oxygen atoms in total. The van der Waals surface area contributed by atoms with Gasteiger partial charge in [0.1, 0.15) is 0 Å². The minimum atomic E-state index is 0.115. The van der Waals surface area contributed by atoms with Crippen molar-refractivity contribution in [3.05, 3.63) is 0 Å². The van der Waals surface area contributed by atoms with Crippen molar-refractivity contribution in [1.82, 2.24) is 0 Å². The molecule has 0 amide bonds. The summed E-state index contributed by atoms with van der Waals surface area (Å²) in [5, 5.41) is 2.35. The SMILES string of the molecule is CC1(C)CCCCC(C)(C)P1CCP1C(C)(C)CCCCC1(C)C. The van der Waals surface area contributed by atoms with Gasteiger partial charge in [-0.05, 0) is 58.6 Å². The van der Waals surface area contributed by atoms with Gasteiger partial charge in [-0.2, -0.15) is 0 Å². The third-order valence-electron chi connectivity index (χ3n) is 7.12. The molecule has 2 aliphatic rings. The largest absolute Gasteiger partial charge is 0.0947 e. The third kappa shape index (κ3) is 4.77. The van der Waals surface area contributed by atoms with Gasteiger partial charge in [0.25, 0.3) is 0 Å². The molecule has 0 unspecified atom stereocenters. The Morgan fingerprint density at radius 1 is 0.458 bits per heavy atom. The van der Waals surface area contributed by atoms with Gasteiger partial charge < -0.3 is 0 Å². The molecule has 0 aliphatic carbocycles. The van der Waals surface area contributed by atoms with E-state index in [-0.39, 0.29) is 15.8 Å². The van der Waals surface area contributed by atoms with Gasteiger partial charge in [-0.15, -0.1) is 0 Å². The number of hydrogen-bond acceptors (Lipinski definition) is 0. The van der Waals surface area contributed by atoms with Crippen LogP contribution in [0.1, 0.15) is 107 Å². The van der Waals surface area contributed by atoms with E-state index < -0.39 is 0 Å². The van der Waals surface area contributed by atoms with Gasteiger partial charge in [-0.3, -0.25) is 0 Å². The maximum absolute atomic E-state index is 2.60. The van der Waals surface area contributed by atoms with Gasteiger partial charge in [0, 0.05) is 0 Å². The van der Waals surface area contributed by atoms with Crippen LogP contribution in [-0.4, -0.2) is 32.9 Å². The van der Waals surface area contributed by atoms with Crippen LogP contribution < -0.4 is 0 Å². The lowest BCUT2D eigenvalue weighted by molar-refractivity contribution is 0.563. The topological polar surface area (TPSA) is 0 Å². The lowest BCUT2D eigenvalue weighted by Crippen LogP contribution is -2.33. The molecular weight excluding hydrogens is 326 g/mol. The van der Waals surface area contributed by atoms with Crippen molar-refractivity contribution in [3.8, 4) is 0 Å². The van der Waals surface area contributed by atoms with Crippen LogP contribution in [0.2, 0.25) is 0 Å². The van der Waals surface area contributed by atoms with Gasteiger partial charge >= 0.3 is 0 Å². The Balaban J connectivity index is 2.19. The minimum Gasteiger partial charge on any atom is -0.0947 e. The lowest BCUT2D eigenvalue weighted by Gasteiger charge is -2.48. The predicted molar refractivity (Wildman–Crippen MR) is 117 cm³/mol. The first-order chi connectivity index (χ1) is 10.9. The first-order valence-corrected chi connectivity index (χ1v) is 13.5. The highest BCUT2D eigenvalue weighted by atomic mass is 31.1. The van der Waals surface area contributed by atoms with E-state index in [4.69, 9.17) is 0 Å². The molecule has 0 aromatic rings. The van der Waals surface area contributed by atoms with Crippen LogP contribution in [0, 0.1) is 0 Å². The molecule has 142 valence electrons. The molecule has 0 bridgehead atoms. The van der Waals surface area contributed by atoms with E-state index in [1.807, 2.05) is 0 Å². The monoisotopic (exact) mass is 370 g/mol. The Labute approximate surface area is 155 Å². The molecule has 0 saturated carbocycles. The molecule has 2 heteroatoms. The molecule has 2 saturated heterocycles. The zero-order valence-electron chi connectivity index (χ0n) is 18.0. The first-order valence-electron chi connectivity index (χ1n) is 10.4. The van der Waals surface area contributed by atoms with Crippen molar-refractivity contribution in [2.24, 2.45) is 0 Å². The molecule has 24 heavy (non-hydrogen) atoms. The van der Waals surface area contributed by atoms with Gasteiger partial charge in [-0.1, -0.05) is 96.9 Å². The molecule has 2 fully saturated rings. The highest BCUT2D eigenvalue weighted by molar-refractivity contribution is 7.65. The summed E-state index contributed by atoms with van der Waals surface area (Å²) in [6.45, 7) is 20.8. The second-order valence-electron chi connectivity index (χ2n) is 11.0. The fourth-order valence-electron chi connectivity index (χ4n) is 5.82. The molecule has 2 heterocycles. The van der Waals surface area contributed by atoms with E-state index >= 15 is 0 Å². The van der Waals surface area contributed by atoms with Crippen LogP contribution in [-0.2, 0) is 0 Å². The normalized spacial score (nSPS) is 30.5. The Kier molecular flexibility index (Phi) is 6.59. The molecule has 0 aromatic heterocycles. The molecule has 2 aliphatic heterocycles. The molecule has 0 N–H and O–H groups in total. The standard InChI is InChI=1S/C22H44P2/c1-19(2)13-9-10-14-20(3,4)23(19)17-18-24-21(5,6)15-11-12-16-22(24,7)8/h9-18H2,1-8H3. The van der Waals surface area contributed by atoms with E-state index in [2.05, 4.69) is 55.4 Å². The maximum atomic E-state index is 2.60. The van der Waals surface area contributed by atoms with Crippen molar-refractivity contribution < 1.29 is 0 Å². The van der Waals surface area contributed by atoms with Gasteiger partial charge in [0.2, 0.25) is 0 Å². The van der Waals surface area contributed by atoms with Crippen LogP contribution >= 0.6 is 15.8 Å². The van der Waals surface area contributed by atoms with Crippen LogP contribution in [0.15, 0.2) is 0 Å². The average molecular weight is 371 g/mol. The molecule has 0 spiro atoms. The second kappa shape index (κ2) is 7.47. The summed E-state index contributed by atoms with van der Waals surface area (Å²) >= 11 is 0. The summed E-state index contributed by atoms with van der Waals surface area (Å²) in [7, 11) is 0.230. The summed E-state index contributed by atoms with van der Waals surface area (Å²) in [5.41, 5.74) is 0. The van der Waals surface area contributed by atoms with Crippen LogP contribution in [0.3, 0.4) is 0 Å². The quantitative estimate of drug-likeness (QED) is 0.439. The zero-order valence-corrected chi connectivity index (χ0v) is 19.8. The van der Waals surface area contributed by atoms with Crippen molar-refractivity contribution in [1.29, 1.82) is 0 Å². The summed E-state index contributed by atoms with van der Waals surface area (Å²) in [4.78, 5) is 0.